The van der Waals surface area contributed by atoms with Crippen molar-refractivity contribution in [2.24, 2.45) is 21.5 Å². The van der Waals surface area contributed by atoms with Crippen LogP contribution in [0.15, 0.2) is 70.9 Å². The number of rotatable bonds is 8. The highest BCUT2D eigenvalue weighted by molar-refractivity contribution is 5.74. The third-order valence-electron chi connectivity index (χ3n) is 4.87. The van der Waals surface area contributed by atoms with Gasteiger partial charge in [-0.25, -0.2) is 4.98 Å². The molecule has 31 heavy (non-hydrogen) atoms. The molecule has 4 aromatic rings. The largest absolute Gasteiger partial charge is 0.476 e. The van der Waals surface area contributed by atoms with E-state index in [2.05, 4.69) is 28.4 Å². The zero-order chi connectivity index (χ0) is 21.8. The predicted molar refractivity (Wildman–Crippen MR) is 124 cm³/mol. The van der Waals surface area contributed by atoms with Crippen molar-refractivity contribution in [1.82, 2.24) is 9.38 Å². The summed E-state index contributed by atoms with van der Waals surface area (Å²) in [5.41, 5.74) is 16.9. The Balaban J connectivity index is 1.80. The molecule has 0 aliphatic heterocycles. The highest BCUT2D eigenvalue weighted by Gasteiger charge is 2.12. The predicted octanol–water partition coefficient (Wildman–Crippen LogP) is 3.92. The van der Waals surface area contributed by atoms with Crippen LogP contribution in [0.1, 0.15) is 0 Å². The number of nitrogens with two attached hydrogens (primary N) is 2. The van der Waals surface area contributed by atoms with Gasteiger partial charge in [-0.05, 0) is 61.0 Å². The molecule has 8 heteroatoms. The van der Waals surface area contributed by atoms with Gasteiger partial charge in [-0.2, -0.15) is 0 Å². The highest BCUT2D eigenvalue weighted by Crippen LogP contribution is 2.35. The molecule has 4 N–H and O–H groups in total. The highest BCUT2D eigenvalue weighted by atomic mass is 16.5. The van der Waals surface area contributed by atoms with Crippen molar-refractivity contribution < 1.29 is 9.47 Å². The van der Waals surface area contributed by atoms with Crippen LogP contribution in [0, 0.1) is 0 Å². The molecule has 4 rings (SSSR count). The van der Waals surface area contributed by atoms with Crippen LogP contribution in [0.2, 0.25) is 0 Å². The summed E-state index contributed by atoms with van der Waals surface area (Å²) in [6.07, 6.45) is 3.84. The first-order valence-electron chi connectivity index (χ1n) is 9.53. The van der Waals surface area contributed by atoms with Crippen LogP contribution in [0.4, 0.5) is 11.4 Å². The monoisotopic (exact) mass is 414 g/mol. The van der Waals surface area contributed by atoms with E-state index in [0.717, 1.165) is 28.0 Å². The number of aromatic nitrogens is 2. The molecule has 8 nitrogen and oxygen atoms in total. The van der Waals surface area contributed by atoms with Crippen LogP contribution in [0.5, 0.6) is 11.5 Å². The van der Waals surface area contributed by atoms with Crippen LogP contribution in [0.3, 0.4) is 0 Å². The van der Waals surface area contributed by atoms with Crippen LogP contribution in [-0.2, 0) is 0 Å². The van der Waals surface area contributed by atoms with Crippen molar-refractivity contribution in [3.05, 3.63) is 60.9 Å². The molecule has 0 radical (unpaired) electrons. The van der Waals surface area contributed by atoms with Gasteiger partial charge < -0.3 is 9.47 Å². The van der Waals surface area contributed by atoms with E-state index < -0.39 is 0 Å². The molecule has 156 valence electrons. The molecule has 2 aromatic carbocycles. The first kappa shape index (κ1) is 20.3. The van der Waals surface area contributed by atoms with Gasteiger partial charge in [0.25, 0.3) is 0 Å². The van der Waals surface area contributed by atoms with Gasteiger partial charge in [-0.1, -0.05) is 12.1 Å². The molecule has 2 aromatic heterocycles. The Bertz CT molecular complexity index is 1260. The minimum Gasteiger partial charge on any atom is -0.476 e. The fraction of sp³-hybridized carbons (Fsp3) is 0.0870. The number of pyridine rings is 1. The van der Waals surface area contributed by atoms with Crippen LogP contribution < -0.4 is 20.9 Å². The molecule has 0 spiro atoms. The maximum atomic E-state index is 5.55. The van der Waals surface area contributed by atoms with Crippen LogP contribution in [-0.4, -0.2) is 36.3 Å². The maximum Gasteiger partial charge on any atom is 0.147 e. The lowest BCUT2D eigenvalue weighted by molar-refractivity contribution is 0.331. The van der Waals surface area contributed by atoms with Gasteiger partial charge >= 0.3 is 0 Å². The Kier molecular flexibility index (Phi) is 5.74. The molecule has 0 aliphatic carbocycles. The van der Waals surface area contributed by atoms with Gasteiger partial charge in [0.1, 0.15) is 42.0 Å². The Morgan fingerprint density at radius 3 is 2.26 bits per heavy atom. The number of benzene rings is 2. The molecule has 0 unspecified atom stereocenters. The molecular formula is C23H22N6O2. The summed E-state index contributed by atoms with van der Waals surface area (Å²) < 4.78 is 12.9. The topological polar surface area (TPSA) is 113 Å². The van der Waals surface area contributed by atoms with E-state index in [9.17, 15) is 0 Å². The lowest BCUT2D eigenvalue weighted by Crippen LogP contribution is -2.07. The van der Waals surface area contributed by atoms with E-state index >= 15 is 0 Å². The van der Waals surface area contributed by atoms with Crippen molar-refractivity contribution in [2.45, 2.75) is 0 Å². The Morgan fingerprint density at radius 1 is 0.806 bits per heavy atom. The van der Waals surface area contributed by atoms with Gasteiger partial charge in [0.2, 0.25) is 0 Å². The zero-order valence-corrected chi connectivity index (χ0v) is 16.9. The quantitative estimate of drug-likeness (QED) is 0.335. The minimum absolute atomic E-state index is 0.0484. The fourth-order valence-electron chi connectivity index (χ4n) is 3.41. The van der Waals surface area contributed by atoms with Gasteiger partial charge in [0, 0.05) is 11.8 Å². The standard InChI is InChI=1S/C23H22N6O2/c1-26-18-6-3-16(10-22(18)31-14-25)20-11-28-23-8-5-17(12-29(20)23)15-4-7-21(30-13-24)19(9-15)27-2/h3-12H,1-2,13-14,24-25H2. The normalized spacial score (nSPS) is 10.8. The molecule has 0 saturated carbocycles. The maximum absolute atomic E-state index is 5.55. The second kappa shape index (κ2) is 8.78. The van der Waals surface area contributed by atoms with Crippen LogP contribution in [0.25, 0.3) is 28.0 Å². The first-order valence-corrected chi connectivity index (χ1v) is 9.53. The summed E-state index contributed by atoms with van der Waals surface area (Å²) >= 11 is 0. The van der Waals surface area contributed by atoms with E-state index in [1.807, 2.05) is 65.3 Å². The second-order valence-electron chi connectivity index (χ2n) is 6.59. The first-order chi connectivity index (χ1) is 15.2. The number of aliphatic imine (C=N–C) groups is 2. The zero-order valence-electron chi connectivity index (χ0n) is 16.9. The van der Waals surface area contributed by atoms with Crippen LogP contribution >= 0.6 is 0 Å². The van der Waals surface area contributed by atoms with E-state index in [-0.39, 0.29) is 13.5 Å². The summed E-state index contributed by atoms with van der Waals surface area (Å²) in [7, 11) is 0. The molecular weight excluding hydrogens is 392 g/mol. The minimum atomic E-state index is 0.0484. The third kappa shape index (κ3) is 3.89. The average Bonchev–Trinajstić information content (AvgIpc) is 3.23. The number of imidazole rings is 1. The van der Waals surface area contributed by atoms with Crippen molar-refractivity contribution in [2.75, 3.05) is 13.5 Å². The Hall–Kier alpha value is -4.01. The van der Waals surface area contributed by atoms with E-state index in [0.29, 0.717) is 22.9 Å². The van der Waals surface area contributed by atoms with Crippen molar-refractivity contribution >= 4 is 30.5 Å². The molecule has 0 fully saturated rings. The average molecular weight is 414 g/mol. The summed E-state index contributed by atoms with van der Waals surface area (Å²) in [5, 5.41) is 0. The van der Waals surface area contributed by atoms with Crippen molar-refractivity contribution in [3.8, 4) is 33.9 Å². The Morgan fingerprint density at radius 2 is 1.52 bits per heavy atom. The lowest BCUT2D eigenvalue weighted by atomic mass is 10.1. The molecule has 0 bridgehead atoms. The van der Waals surface area contributed by atoms with Crippen molar-refractivity contribution in [1.29, 1.82) is 0 Å². The van der Waals surface area contributed by atoms with Gasteiger partial charge in [0.15, 0.2) is 0 Å². The van der Waals surface area contributed by atoms with Gasteiger partial charge in [-0.3, -0.25) is 25.9 Å². The number of hydrogen-bond donors (Lipinski definition) is 2. The molecule has 0 amide bonds. The lowest BCUT2D eigenvalue weighted by Gasteiger charge is -2.11. The summed E-state index contributed by atoms with van der Waals surface area (Å²) in [5.74, 6) is 1.16. The van der Waals surface area contributed by atoms with Gasteiger partial charge in [0.05, 0.1) is 11.9 Å². The molecule has 0 aliphatic rings. The fourth-order valence-corrected chi connectivity index (χ4v) is 3.41. The SMILES string of the molecule is C=Nc1cc(-c2ccc3ncc(-c4ccc(N=C)c(OCN)c4)n3c2)ccc1OCN. The van der Waals surface area contributed by atoms with Gasteiger partial charge in [-0.15, -0.1) is 0 Å². The third-order valence-corrected chi connectivity index (χ3v) is 4.87. The smallest absolute Gasteiger partial charge is 0.147 e. The van der Waals surface area contributed by atoms with Crippen molar-refractivity contribution in [3.63, 3.8) is 0 Å². The second-order valence-corrected chi connectivity index (χ2v) is 6.59. The molecule has 2 heterocycles. The molecule has 0 atom stereocenters. The van der Waals surface area contributed by atoms with E-state index in [1.54, 1.807) is 0 Å². The Labute approximate surface area is 179 Å². The summed E-state index contributed by atoms with van der Waals surface area (Å²) in [6, 6.07) is 15.3. The number of ether oxygens (including phenoxy) is 2. The number of nitrogens with zero attached hydrogens (tertiary/aromatic N) is 4. The molecule has 0 saturated heterocycles. The van der Waals surface area contributed by atoms with E-state index in [1.165, 1.54) is 0 Å². The number of hydrogen-bond acceptors (Lipinski definition) is 7. The summed E-state index contributed by atoms with van der Waals surface area (Å²) in [4.78, 5) is 12.5. The van der Waals surface area contributed by atoms with E-state index in [4.69, 9.17) is 20.9 Å². The summed E-state index contributed by atoms with van der Waals surface area (Å²) in [6.45, 7) is 7.32. The number of fused-ring (bicyclic) bond motifs is 1.